The van der Waals surface area contributed by atoms with E-state index < -0.39 is 41.8 Å². The minimum absolute atomic E-state index is 0.0693. The molecular formula is C41H62N6O6. The Morgan fingerprint density at radius 1 is 1.02 bits per heavy atom. The number of hydrogen-bond donors (Lipinski definition) is 5. The second-order valence-corrected chi connectivity index (χ2v) is 17.0. The summed E-state index contributed by atoms with van der Waals surface area (Å²) in [7, 11) is 0. The summed E-state index contributed by atoms with van der Waals surface area (Å²) in [6, 6.07) is 5.22. The molecule has 5 N–H and O–H groups in total. The molecule has 4 amide bonds. The number of alkyl carbamates (subject to hydrolysis) is 1. The van der Waals surface area contributed by atoms with Crippen molar-refractivity contribution >= 4 is 29.6 Å². The van der Waals surface area contributed by atoms with E-state index in [1.807, 2.05) is 53.7 Å². The summed E-state index contributed by atoms with van der Waals surface area (Å²) in [6.07, 6.45) is 4.06. The number of ether oxygens (including phenoxy) is 1. The van der Waals surface area contributed by atoms with Crippen LogP contribution < -0.4 is 26.6 Å². The maximum atomic E-state index is 14.9. The van der Waals surface area contributed by atoms with Crippen molar-refractivity contribution in [1.82, 2.24) is 31.5 Å². The molecule has 0 aromatic heterocycles. The normalized spacial score (nSPS) is 21.7. The number of carbonyl (C=O) groups excluding carboxylic acids is 5. The van der Waals surface area contributed by atoms with Gasteiger partial charge in [0.2, 0.25) is 17.6 Å². The number of benzene rings is 1. The fourth-order valence-electron chi connectivity index (χ4n) is 7.93. The summed E-state index contributed by atoms with van der Waals surface area (Å²) < 4.78 is 5.55. The summed E-state index contributed by atoms with van der Waals surface area (Å²) in [5, 5.41) is 15.0. The van der Waals surface area contributed by atoms with Gasteiger partial charge in [-0.3, -0.25) is 19.2 Å². The number of carbonyl (C=O) groups is 5. The quantitative estimate of drug-likeness (QED) is 0.112. The number of ketones is 1. The van der Waals surface area contributed by atoms with Crippen molar-refractivity contribution in [2.75, 3.05) is 19.7 Å². The van der Waals surface area contributed by atoms with E-state index in [9.17, 15) is 24.0 Å². The predicted molar refractivity (Wildman–Crippen MR) is 205 cm³/mol. The first-order chi connectivity index (χ1) is 24.9. The molecule has 2 unspecified atom stereocenters. The zero-order valence-corrected chi connectivity index (χ0v) is 33.0. The monoisotopic (exact) mass is 734 g/mol. The van der Waals surface area contributed by atoms with E-state index >= 15 is 0 Å². The molecule has 1 aromatic rings. The summed E-state index contributed by atoms with van der Waals surface area (Å²) in [4.78, 5) is 69.1. The van der Waals surface area contributed by atoms with Crippen molar-refractivity contribution in [2.24, 2.45) is 28.6 Å². The maximum absolute atomic E-state index is 14.9. The topological polar surface area (TPSA) is 158 Å². The Hall–Kier alpha value is -4.35. The Morgan fingerprint density at radius 2 is 1.66 bits per heavy atom. The zero-order chi connectivity index (χ0) is 39.2. The van der Waals surface area contributed by atoms with Crippen LogP contribution in [0.1, 0.15) is 85.8 Å². The highest BCUT2D eigenvalue weighted by molar-refractivity contribution is 6.38. The smallest absolute Gasteiger partial charge is 0.407 e. The molecule has 0 bridgehead atoms. The molecule has 0 spiro atoms. The van der Waals surface area contributed by atoms with Crippen LogP contribution >= 0.6 is 0 Å². The van der Waals surface area contributed by atoms with Crippen molar-refractivity contribution in [1.29, 1.82) is 0 Å². The number of nitrogens with one attached hydrogen (secondary N) is 5. The number of amides is 4. The largest absolute Gasteiger partial charge is 0.447 e. The first-order valence-electron chi connectivity index (χ1n) is 19.2. The number of likely N-dealkylation sites (tertiary alicyclic amines) is 1. The standard InChI is InChI=1S/C41H62N6O6/c1-11-13-18-30(35(48)37(50)42-19-12-2)46-36(49)34-32-29(41(32,9)10)22-47(34)38(51)33(28-20-26-16-14-15-17-27(26)21-28)45-25(5)44-31(40(6,7)8)23-53-39(52)43-24(3)4/h12,14-17,24,28-34,44-45H,2,5,11,13,18-23H2,1,3-4,6-10H3,(H,42,50)(H,43,52)(H,46,49)/t29?,30-,31-,32+,33+,34?/m1/s1. The lowest BCUT2D eigenvalue weighted by molar-refractivity contribution is -0.144. The zero-order valence-electron chi connectivity index (χ0n) is 33.0. The van der Waals surface area contributed by atoms with Crippen molar-refractivity contribution in [2.45, 2.75) is 118 Å². The molecule has 2 fully saturated rings. The molecule has 1 saturated heterocycles. The third kappa shape index (κ3) is 10.00. The van der Waals surface area contributed by atoms with Crippen LogP contribution in [-0.2, 0) is 36.8 Å². The molecule has 4 rings (SSSR count). The Balaban J connectivity index is 1.59. The molecule has 53 heavy (non-hydrogen) atoms. The molecule has 3 aliphatic rings. The summed E-state index contributed by atoms with van der Waals surface area (Å²) in [6.45, 7) is 24.5. The van der Waals surface area contributed by atoms with Crippen LogP contribution in [0.3, 0.4) is 0 Å². The lowest BCUT2D eigenvalue weighted by Crippen LogP contribution is -2.59. The number of fused-ring (bicyclic) bond motifs is 2. The Morgan fingerprint density at radius 3 is 2.23 bits per heavy atom. The van der Waals surface area contributed by atoms with Crippen LogP contribution in [0.4, 0.5) is 4.79 Å². The van der Waals surface area contributed by atoms with Crippen molar-refractivity contribution < 1.29 is 28.7 Å². The van der Waals surface area contributed by atoms with E-state index in [1.54, 1.807) is 4.90 Å². The molecule has 1 aliphatic heterocycles. The predicted octanol–water partition coefficient (Wildman–Crippen LogP) is 4.00. The van der Waals surface area contributed by atoms with E-state index in [2.05, 4.69) is 65.7 Å². The van der Waals surface area contributed by atoms with Gasteiger partial charge in [-0.05, 0) is 72.8 Å². The number of nitrogens with zero attached hydrogens (tertiary/aromatic N) is 1. The first kappa shape index (κ1) is 41.4. The Labute approximate surface area is 315 Å². The van der Waals surface area contributed by atoms with Gasteiger partial charge in [0.05, 0.1) is 17.9 Å². The van der Waals surface area contributed by atoms with E-state index in [4.69, 9.17) is 4.74 Å². The van der Waals surface area contributed by atoms with E-state index in [0.717, 1.165) is 6.42 Å². The molecule has 1 aromatic carbocycles. The molecule has 292 valence electrons. The molecule has 1 saturated carbocycles. The fraction of sp³-hybridized carbons (Fsp3) is 0.634. The SMILES string of the molecule is C=CCNC(=O)C(=O)[C@@H](CCCC)NC(=O)C1[C@@H]2C(CN1C(=O)[C@@H](NC(=C)N[C@H](COC(=O)NC(C)C)C(C)(C)C)C1Cc3ccccc3C1)C2(C)C. The van der Waals surface area contributed by atoms with Gasteiger partial charge in [0, 0.05) is 19.1 Å². The highest BCUT2D eigenvalue weighted by Gasteiger charge is 2.69. The molecule has 6 atom stereocenters. The second-order valence-electron chi connectivity index (χ2n) is 17.0. The number of hydrogen-bond acceptors (Lipinski definition) is 8. The van der Waals surface area contributed by atoms with Crippen molar-refractivity contribution in [3.63, 3.8) is 0 Å². The van der Waals surface area contributed by atoms with Crippen molar-refractivity contribution in [3.05, 3.63) is 60.4 Å². The third-order valence-electron chi connectivity index (χ3n) is 11.2. The van der Waals surface area contributed by atoms with Crippen LogP contribution in [0.5, 0.6) is 0 Å². The molecule has 12 nitrogen and oxygen atoms in total. The average molecular weight is 735 g/mol. The lowest BCUT2D eigenvalue weighted by Gasteiger charge is -2.37. The van der Waals surface area contributed by atoms with E-state index in [1.165, 1.54) is 17.2 Å². The number of piperidine rings is 1. The second kappa shape index (κ2) is 17.2. The molecule has 2 aliphatic carbocycles. The van der Waals surface area contributed by atoms with Crippen molar-refractivity contribution in [3.8, 4) is 0 Å². The molecule has 12 heteroatoms. The van der Waals surface area contributed by atoms with E-state index in [0.29, 0.717) is 38.0 Å². The number of unbranched alkanes of at least 4 members (excludes halogenated alkanes) is 1. The van der Waals surface area contributed by atoms with Gasteiger partial charge in [-0.1, -0.05) is 91.3 Å². The lowest BCUT2D eigenvalue weighted by atomic mass is 9.87. The van der Waals surface area contributed by atoms with Gasteiger partial charge in [-0.15, -0.1) is 6.58 Å². The van der Waals surface area contributed by atoms with Crippen LogP contribution in [0.15, 0.2) is 49.3 Å². The minimum Gasteiger partial charge on any atom is -0.447 e. The highest BCUT2D eigenvalue weighted by Crippen LogP contribution is 2.65. The average Bonchev–Trinajstić information content (AvgIpc) is 3.44. The Kier molecular flexibility index (Phi) is 13.4. The van der Waals surface area contributed by atoms with Crippen LogP contribution in [0.25, 0.3) is 0 Å². The van der Waals surface area contributed by atoms with Gasteiger partial charge in [-0.25, -0.2) is 4.79 Å². The maximum Gasteiger partial charge on any atom is 0.407 e. The van der Waals surface area contributed by atoms with Gasteiger partial charge >= 0.3 is 6.09 Å². The first-order valence-corrected chi connectivity index (χ1v) is 19.2. The van der Waals surface area contributed by atoms with Gasteiger partial charge in [-0.2, -0.15) is 0 Å². The molecule has 1 heterocycles. The van der Waals surface area contributed by atoms with Gasteiger partial charge in [0.1, 0.15) is 18.7 Å². The minimum atomic E-state index is -1.01. The number of Topliss-reactive ketones (excluding diaryl/α,β-unsaturated/α-hetero) is 1. The summed E-state index contributed by atoms with van der Waals surface area (Å²) in [5.74, 6) is -1.80. The fourth-order valence-corrected chi connectivity index (χ4v) is 7.93. The molecular weight excluding hydrogens is 672 g/mol. The Bertz CT molecular complexity index is 1520. The summed E-state index contributed by atoms with van der Waals surface area (Å²) in [5.41, 5.74) is 1.85. The third-order valence-corrected chi connectivity index (χ3v) is 11.2. The summed E-state index contributed by atoms with van der Waals surface area (Å²) >= 11 is 0. The molecule has 0 radical (unpaired) electrons. The van der Waals surface area contributed by atoms with Gasteiger partial charge in [0.25, 0.3) is 5.91 Å². The number of rotatable bonds is 18. The van der Waals surface area contributed by atoms with Crippen LogP contribution in [0, 0.1) is 28.6 Å². The van der Waals surface area contributed by atoms with Crippen LogP contribution in [-0.4, -0.2) is 84.4 Å². The highest BCUT2D eigenvalue weighted by atomic mass is 16.5. The van der Waals surface area contributed by atoms with Crippen LogP contribution in [0.2, 0.25) is 0 Å². The van der Waals surface area contributed by atoms with E-state index in [-0.39, 0.29) is 59.7 Å². The van der Waals surface area contributed by atoms with Gasteiger partial charge in [0.15, 0.2) is 0 Å². The van der Waals surface area contributed by atoms with Gasteiger partial charge < -0.3 is 36.2 Å².